The summed E-state index contributed by atoms with van der Waals surface area (Å²) >= 11 is 0. The fourth-order valence-corrected chi connectivity index (χ4v) is 9.78. The van der Waals surface area contributed by atoms with E-state index in [1.54, 1.807) is 56.5 Å². The molecule has 0 spiro atoms. The van der Waals surface area contributed by atoms with Gasteiger partial charge in [0.2, 0.25) is 0 Å². The zero-order valence-corrected chi connectivity index (χ0v) is 37.9. The predicted molar refractivity (Wildman–Crippen MR) is 243 cm³/mol. The first-order chi connectivity index (χ1) is 31.1. The first-order valence-corrected chi connectivity index (χ1v) is 22.2. The van der Waals surface area contributed by atoms with Crippen molar-refractivity contribution in [2.24, 2.45) is 0 Å². The van der Waals surface area contributed by atoms with Gasteiger partial charge in [-0.3, -0.25) is 9.36 Å². The van der Waals surface area contributed by atoms with Gasteiger partial charge in [0.05, 0.1) is 46.3 Å². The third-order valence-electron chi connectivity index (χ3n) is 11.0. The molecule has 3 heterocycles. The topological polar surface area (TPSA) is 164 Å². The third-order valence-corrected chi connectivity index (χ3v) is 13.1. The van der Waals surface area contributed by atoms with E-state index in [0.29, 0.717) is 28.2 Å². The van der Waals surface area contributed by atoms with Gasteiger partial charge in [0.25, 0.3) is 14.4 Å². The Morgan fingerprint density at radius 1 is 0.828 bits per heavy atom. The maximum absolute atomic E-state index is 13.3. The Hall–Kier alpha value is -5.82. The Kier molecular flexibility index (Phi) is 15.3. The van der Waals surface area contributed by atoms with Crippen molar-refractivity contribution in [3.05, 3.63) is 144 Å². The molecule has 5 atom stereocenters. The minimum atomic E-state index is -1.78. The molecule has 0 radical (unpaired) electrons. The van der Waals surface area contributed by atoms with Crippen LogP contribution in [0.3, 0.4) is 0 Å². The van der Waals surface area contributed by atoms with E-state index in [1.165, 1.54) is 6.33 Å². The number of fused-ring (bicyclic) bond motifs is 1. The number of carbonyl (C=O) groups is 1. The Bertz CT molecular complexity index is 2410. The molecule has 0 saturated carbocycles. The fraction of sp³-hybridized carbons (Fsp3) is 0.354. The van der Waals surface area contributed by atoms with E-state index in [9.17, 15) is 10.1 Å². The van der Waals surface area contributed by atoms with Crippen molar-refractivity contribution in [1.29, 1.82) is 5.26 Å². The number of nitrogens with one attached hydrogen (secondary N) is 1. The minimum absolute atomic E-state index is 0.0205. The zero-order valence-electron chi connectivity index (χ0n) is 37.0. The summed E-state index contributed by atoms with van der Waals surface area (Å²) in [7, 11) is 3.10. The molecule has 2 aromatic heterocycles. The fourth-order valence-electron chi connectivity index (χ4n) is 8.04. The largest absolute Gasteiger partial charge is 0.497 e. The van der Waals surface area contributed by atoms with Crippen molar-refractivity contribution in [1.82, 2.24) is 24.2 Å². The molecule has 16 heteroatoms. The molecule has 0 aliphatic carbocycles. The van der Waals surface area contributed by atoms with E-state index in [1.807, 2.05) is 84.9 Å². The smallest absolute Gasteiger partial charge is 0.259 e. The average molecular weight is 888 g/mol. The van der Waals surface area contributed by atoms with Gasteiger partial charge in [0.1, 0.15) is 41.7 Å². The summed E-state index contributed by atoms with van der Waals surface area (Å²) in [6, 6.07) is 36.7. The minimum Gasteiger partial charge on any atom is -0.497 e. The van der Waals surface area contributed by atoms with Crippen molar-refractivity contribution < 1.29 is 37.5 Å². The highest BCUT2D eigenvalue weighted by atomic mass is 31.2. The number of nitriles is 1. The Labute approximate surface area is 375 Å². The number of imidazole rings is 1. The van der Waals surface area contributed by atoms with Crippen LogP contribution < -0.4 is 14.8 Å². The molecule has 1 amide bonds. The molecule has 1 N–H and O–H groups in total. The lowest BCUT2D eigenvalue weighted by molar-refractivity contribution is -0.0981. The number of ether oxygens (including phenoxy) is 5. The van der Waals surface area contributed by atoms with E-state index in [-0.39, 0.29) is 43.4 Å². The number of rotatable bonds is 20. The second-order valence-electron chi connectivity index (χ2n) is 15.6. The third kappa shape index (κ3) is 9.79. The second kappa shape index (κ2) is 21.2. The Morgan fingerprint density at radius 2 is 1.42 bits per heavy atom. The van der Waals surface area contributed by atoms with Gasteiger partial charge in [-0.05, 0) is 80.8 Å². The van der Waals surface area contributed by atoms with Crippen LogP contribution in [0.5, 0.6) is 11.5 Å². The van der Waals surface area contributed by atoms with Crippen molar-refractivity contribution in [3.8, 4) is 17.6 Å². The van der Waals surface area contributed by atoms with E-state index in [0.717, 1.165) is 16.7 Å². The van der Waals surface area contributed by atoms with Gasteiger partial charge in [0, 0.05) is 24.8 Å². The number of carbonyl (C=O) groups excluding carboxylic acids is 1. The van der Waals surface area contributed by atoms with E-state index >= 15 is 0 Å². The Morgan fingerprint density at radius 3 is 1.98 bits per heavy atom. The van der Waals surface area contributed by atoms with Gasteiger partial charge in [-0.2, -0.15) is 5.26 Å². The first kappa shape index (κ1) is 46.2. The van der Waals surface area contributed by atoms with E-state index < -0.39 is 38.7 Å². The van der Waals surface area contributed by atoms with Crippen molar-refractivity contribution in [2.45, 2.75) is 76.3 Å². The molecule has 1 aliphatic rings. The summed E-state index contributed by atoms with van der Waals surface area (Å²) in [5.74, 6) is 1.29. The van der Waals surface area contributed by atoms with E-state index in [4.69, 9.17) is 37.7 Å². The summed E-state index contributed by atoms with van der Waals surface area (Å²) in [4.78, 5) is 27.0. The molecule has 0 bridgehead atoms. The maximum atomic E-state index is 13.3. The van der Waals surface area contributed by atoms with Crippen LogP contribution in [0.15, 0.2) is 122 Å². The zero-order chi connectivity index (χ0) is 45.2. The molecule has 4 aromatic carbocycles. The highest BCUT2D eigenvalue weighted by molar-refractivity contribution is 7.44. The average Bonchev–Trinajstić information content (AvgIpc) is 3.91. The van der Waals surface area contributed by atoms with Gasteiger partial charge >= 0.3 is 0 Å². The van der Waals surface area contributed by atoms with Crippen LogP contribution in [-0.4, -0.2) is 95.0 Å². The standard InChI is InChI=1S/C48H54N7O8P/c1-32(2)55(33(3)4)64(61-28-14-27-49)63-43-42(59-7)40(62-47(43)54-31-52-41-44(50-30-51-45(41)54)53-46(56)34-15-10-8-11-16-34)29-60-48(35-17-12-9-13-18-35,36-19-23-38(57-5)24-20-36)37-21-25-39(58-6)26-22-37/h8-13,15-26,30-33,40,42-43,47H,14,28-29H2,1-7H3,(H,50,51,53,56)/t40-,42+,43?,47-,64?/m1/s1. The molecule has 1 saturated heterocycles. The molecular weight excluding hydrogens is 834 g/mol. The van der Waals surface area contributed by atoms with Gasteiger partial charge in [-0.15, -0.1) is 0 Å². The summed E-state index contributed by atoms with van der Waals surface area (Å²) in [6.07, 6.45) is -0.0375. The van der Waals surface area contributed by atoms with Crippen LogP contribution >= 0.6 is 8.53 Å². The monoisotopic (exact) mass is 887 g/mol. The summed E-state index contributed by atoms with van der Waals surface area (Å²) in [5, 5.41) is 12.4. The summed E-state index contributed by atoms with van der Waals surface area (Å²) in [5.41, 5.74) is 2.63. The lowest BCUT2D eigenvalue weighted by Crippen LogP contribution is -2.42. The van der Waals surface area contributed by atoms with Crippen LogP contribution in [0, 0.1) is 11.3 Å². The molecule has 1 aliphatic heterocycles. The highest BCUT2D eigenvalue weighted by Gasteiger charge is 2.51. The predicted octanol–water partition coefficient (Wildman–Crippen LogP) is 8.68. The van der Waals surface area contributed by atoms with Crippen LogP contribution in [0.25, 0.3) is 11.2 Å². The summed E-state index contributed by atoms with van der Waals surface area (Å²) < 4.78 is 49.4. The Balaban J connectivity index is 1.32. The van der Waals surface area contributed by atoms with Crippen LogP contribution in [0.2, 0.25) is 0 Å². The molecule has 2 unspecified atom stereocenters. The second-order valence-corrected chi connectivity index (χ2v) is 17.0. The normalized spacial score (nSPS) is 18.1. The molecule has 7 rings (SSSR count). The number of nitrogens with zero attached hydrogens (tertiary/aromatic N) is 6. The van der Waals surface area contributed by atoms with Gasteiger partial charge in [-0.25, -0.2) is 19.6 Å². The van der Waals surface area contributed by atoms with Crippen LogP contribution in [-0.2, 0) is 28.9 Å². The summed E-state index contributed by atoms with van der Waals surface area (Å²) in [6.45, 7) is 8.49. The van der Waals surface area contributed by atoms with Crippen LogP contribution in [0.1, 0.15) is 67.4 Å². The molecular formula is C48H54N7O8P. The van der Waals surface area contributed by atoms with Gasteiger partial charge in [0.15, 0.2) is 23.2 Å². The molecule has 1 fully saturated rings. The van der Waals surface area contributed by atoms with Gasteiger partial charge < -0.3 is 38.0 Å². The van der Waals surface area contributed by atoms with Crippen molar-refractivity contribution >= 4 is 31.4 Å². The number of benzene rings is 4. The van der Waals surface area contributed by atoms with Crippen LogP contribution in [0.4, 0.5) is 5.82 Å². The number of aromatic nitrogens is 4. The SMILES string of the molecule is COc1ccc(C(OC[C@H]2O[C@@H](n3cnc4c(NC(=O)c5ccccc5)ncnc43)C(OP(OCCC#N)N(C(C)C)C(C)C)[C@H]2OC)(c2ccccc2)c2ccc(OC)cc2)cc1. The van der Waals surface area contributed by atoms with E-state index in [2.05, 4.69) is 53.7 Å². The maximum Gasteiger partial charge on any atom is 0.259 e. The molecule has 6 aromatic rings. The van der Waals surface area contributed by atoms with Crippen molar-refractivity contribution in [2.75, 3.05) is 39.9 Å². The molecule has 334 valence electrons. The number of methoxy groups -OCH3 is 3. The quantitative estimate of drug-likeness (QED) is 0.0440. The number of hydrogen-bond donors (Lipinski definition) is 1. The molecule has 15 nitrogen and oxygen atoms in total. The van der Waals surface area contributed by atoms with Crippen molar-refractivity contribution in [3.63, 3.8) is 0 Å². The molecule has 64 heavy (non-hydrogen) atoms. The number of hydrogen-bond acceptors (Lipinski definition) is 13. The lowest BCUT2D eigenvalue weighted by Gasteiger charge is -2.38. The number of amides is 1. The number of anilines is 1. The first-order valence-electron chi connectivity index (χ1n) is 21.1. The van der Waals surface area contributed by atoms with Gasteiger partial charge in [-0.1, -0.05) is 72.8 Å². The highest BCUT2D eigenvalue weighted by Crippen LogP contribution is 2.52. The lowest BCUT2D eigenvalue weighted by atomic mass is 9.80.